The van der Waals surface area contributed by atoms with Crippen molar-refractivity contribution in [2.75, 3.05) is 19.7 Å². The van der Waals surface area contributed by atoms with Crippen molar-refractivity contribution in [3.8, 4) is 11.8 Å². The van der Waals surface area contributed by atoms with Crippen LogP contribution in [0.5, 0.6) is 5.75 Å². The summed E-state index contributed by atoms with van der Waals surface area (Å²) in [6, 6.07) is 13.3. The van der Waals surface area contributed by atoms with Crippen molar-refractivity contribution in [2.24, 2.45) is 5.41 Å². The molecule has 0 radical (unpaired) electrons. The van der Waals surface area contributed by atoms with E-state index in [0.29, 0.717) is 48.7 Å². The summed E-state index contributed by atoms with van der Waals surface area (Å²) < 4.78 is 18.8. The van der Waals surface area contributed by atoms with Crippen LogP contribution in [0.4, 0.5) is 4.39 Å². The van der Waals surface area contributed by atoms with Crippen LogP contribution in [-0.4, -0.2) is 41.6 Å². The summed E-state index contributed by atoms with van der Waals surface area (Å²) in [6.07, 6.45) is 3.85. The van der Waals surface area contributed by atoms with Gasteiger partial charge in [0.15, 0.2) is 6.61 Å². The molecule has 0 bridgehead atoms. The number of hydrogen-bond donors (Lipinski definition) is 1. The van der Waals surface area contributed by atoms with Gasteiger partial charge in [-0.3, -0.25) is 4.79 Å². The normalized spacial score (nSPS) is 15.3. The molecule has 2 aromatic carbocycles. The second-order valence-electron chi connectivity index (χ2n) is 7.72. The summed E-state index contributed by atoms with van der Waals surface area (Å²) in [5.74, 6) is -1.30. The number of carboxylic acid groups (broad SMARTS) is 1. The zero-order valence-corrected chi connectivity index (χ0v) is 18.0. The molecule has 166 valence electrons. The molecule has 1 aliphatic heterocycles. The van der Waals surface area contributed by atoms with Gasteiger partial charge in [-0.15, -0.1) is 0 Å². The van der Waals surface area contributed by atoms with Crippen LogP contribution in [0.3, 0.4) is 0 Å². The van der Waals surface area contributed by atoms with Gasteiger partial charge in [0.2, 0.25) is 0 Å². The summed E-state index contributed by atoms with van der Waals surface area (Å²) in [5, 5.41) is 19.0. The van der Waals surface area contributed by atoms with Gasteiger partial charge in [-0.2, -0.15) is 5.26 Å². The van der Waals surface area contributed by atoms with E-state index in [-0.39, 0.29) is 18.3 Å². The van der Waals surface area contributed by atoms with E-state index in [1.54, 1.807) is 35.2 Å². The lowest BCUT2D eigenvalue weighted by Crippen LogP contribution is -2.45. The highest BCUT2D eigenvalue weighted by Gasteiger charge is 2.36. The molecule has 32 heavy (non-hydrogen) atoms. The molecule has 0 atom stereocenters. The molecule has 3 rings (SSSR count). The molecule has 0 saturated carbocycles. The molecule has 1 N–H and O–H groups in total. The van der Waals surface area contributed by atoms with E-state index < -0.39 is 11.4 Å². The number of piperidine rings is 1. The van der Waals surface area contributed by atoms with Crippen molar-refractivity contribution in [3.05, 3.63) is 70.5 Å². The predicted molar refractivity (Wildman–Crippen MR) is 118 cm³/mol. The number of carboxylic acids is 1. The summed E-state index contributed by atoms with van der Waals surface area (Å²) >= 11 is 5.97. The van der Waals surface area contributed by atoms with Gasteiger partial charge in [-0.1, -0.05) is 23.7 Å². The first-order chi connectivity index (χ1) is 15.3. The second kappa shape index (κ2) is 10.3. The minimum Gasteiger partial charge on any atom is -0.483 e. The molecule has 0 aromatic heterocycles. The van der Waals surface area contributed by atoms with Gasteiger partial charge in [-0.05, 0) is 61.2 Å². The van der Waals surface area contributed by atoms with E-state index in [4.69, 9.17) is 21.4 Å². The van der Waals surface area contributed by atoms with E-state index >= 15 is 0 Å². The van der Waals surface area contributed by atoms with Crippen LogP contribution in [0.2, 0.25) is 5.02 Å². The highest BCUT2D eigenvalue weighted by Crippen LogP contribution is 2.34. The SMILES string of the molecule is N#CC1(Cc2ccc(F)cc2)CCN(C(=O)COc2ccc(Cl)cc2C=CC(=O)O)CC1. The van der Waals surface area contributed by atoms with Crippen LogP contribution in [0, 0.1) is 22.6 Å². The zero-order valence-electron chi connectivity index (χ0n) is 17.3. The molecule has 8 heteroatoms. The maximum Gasteiger partial charge on any atom is 0.328 e. The lowest BCUT2D eigenvalue weighted by Gasteiger charge is -2.37. The molecule has 1 aliphatic rings. The van der Waals surface area contributed by atoms with Crippen molar-refractivity contribution >= 4 is 29.6 Å². The second-order valence-corrected chi connectivity index (χ2v) is 8.15. The van der Waals surface area contributed by atoms with Crippen LogP contribution >= 0.6 is 11.6 Å². The number of hydrogen-bond acceptors (Lipinski definition) is 4. The largest absolute Gasteiger partial charge is 0.483 e. The average molecular weight is 457 g/mol. The smallest absolute Gasteiger partial charge is 0.328 e. The number of ether oxygens (including phenoxy) is 1. The van der Waals surface area contributed by atoms with E-state index in [1.807, 2.05) is 0 Å². The van der Waals surface area contributed by atoms with Gasteiger partial charge in [0, 0.05) is 29.8 Å². The first-order valence-electron chi connectivity index (χ1n) is 10.1. The van der Waals surface area contributed by atoms with Crippen LogP contribution in [0.25, 0.3) is 6.08 Å². The first-order valence-corrected chi connectivity index (χ1v) is 10.4. The van der Waals surface area contributed by atoms with Gasteiger partial charge in [0.05, 0.1) is 11.5 Å². The Hall–Kier alpha value is -3.37. The molecule has 1 fully saturated rings. The summed E-state index contributed by atoms with van der Waals surface area (Å²) in [4.78, 5) is 25.1. The lowest BCUT2D eigenvalue weighted by atomic mass is 9.75. The van der Waals surface area contributed by atoms with E-state index in [0.717, 1.165) is 11.6 Å². The Morgan fingerprint density at radius 2 is 1.91 bits per heavy atom. The van der Waals surface area contributed by atoms with Gasteiger partial charge in [-0.25, -0.2) is 9.18 Å². The molecule has 0 unspecified atom stereocenters. The Labute approximate surface area is 190 Å². The van der Waals surface area contributed by atoms with Crippen LogP contribution < -0.4 is 4.74 Å². The Kier molecular flexibility index (Phi) is 7.49. The Morgan fingerprint density at radius 3 is 2.53 bits per heavy atom. The fourth-order valence-corrected chi connectivity index (χ4v) is 3.86. The highest BCUT2D eigenvalue weighted by molar-refractivity contribution is 6.30. The third kappa shape index (κ3) is 6.08. The standard InChI is InChI=1S/C24H22ClFN2O4/c25-19-4-7-21(18(13-19)3-8-23(30)31)32-15-22(29)28-11-9-24(16-27,10-12-28)14-17-1-5-20(26)6-2-17/h1-8,13H,9-12,14-15H2,(H,30,31). The zero-order chi connectivity index (χ0) is 23.1. The Balaban J connectivity index is 1.58. The summed E-state index contributed by atoms with van der Waals surface area (Å²) in [5.41, 5.74) is 0.746. The number of carbonyl (C=O) groups is 2. The van der Waals surface area contributed by atoms with Gasteiger partial charge < -0.3 is 14.7 Å². The predicted octanol–water partition coefficient (Wildman–Crippen LogP) is 4.33. The maximum absolute atomic E-state index is 13.1. The molecule has 0 spiro atoms. The molecule has 2 aromatic rings. The van der Waals surface area contributed by atoms with Crippen LogP contribution in [-0.2, 0) is 16.0 Å². The molecule has 1 heterocycles. The molecule has 1 saturated heterocycles. The third-order valence-electron chi connectivity index (χ3n) is 5.49. The monoisotopic (exact) mass is 456 g/mol. The number of halogens is 2. The van der Waals surface area contributed by atoms with Gasteiger partial charge >= 0.3 is 5.97 Å². The number of rotatable bonds is 7. The number of amides is 1. The van der Waals surface area contributed by atoms with Crippen molar-refractivity contribution in [3.63, 3.8) is 0 Å². The van der Waals surface area contributed by atoms with E-state index in [1.165, 1.54) is 18.2 Å². The first kappa shape index (κ1) is 23.3. The van der Waals surface area contributed by atoms with Crippen molar-refractivity contribution < 1.29 is 23.8 Å². The lowest BCUT2D eigenvalue weighted by molar-refractivity contribution is -0.135. The van der Waals surface area contributed by atoms with Crippen molar-refractivity contribution in [2.45, 2.75) is 19.3 Å². The highest BCUT2D eigenvalue weighted by atomic mass is 35.5. The van der Waals surface area contributed by atoms with E-state index in [2.05, 4.69) is 6.07 Å². The number of nitriles is 1. The molecular formula is C24H22ClFN2O4. The average Bonchev–Trinajstić information content (AvgIpc) is 2.79. The van der Waals surface area contributed by atoms with Gasteiger partial charge in [0.25, 0.3) is 5.91 Å². The number of nitrogens with zero attached hydrogens (tertiary/aromatic N) is 2. The molecular weight excluding hydrogens is 435 g/mol. The van der Waals surface area contributed by atoms with Crippen molar-refractivity contribution in [1.29, 1.82) is 5.26 Å². The van der Waals surface area contributed by atoms with Crippen LogP contribution in [0.15, 0.2) is 48.5 Å². The Morgan fingerprint density at radius 1 is 1.22 bits per heavy atom. The summed E-state index contributed by atoms with van der Waals surface area (Å²) in [6.45, 7) is 0.625. The van der Waals surface area contributed by atoms with Gasteiger partial charge in [0.1, 0.15) is 11.6 Å². The van der Waals surface area contributed by atoms with E-state index in [9.17, 15) is 19.2 Å². The number of benzene rings is 2. The van der Waals surface area contributed by atoms with Crippen LogP contribution in [0.1, 0.15) is 24.0 Å². The number of aliphatic carboxylic acids is 1. The summed E-state index contributed by atoms with van der Waals surface area (Å²) in [7, 11) is 0. The topological polar surface area (TPSA) is 90.6 Å². The molecule has 6 nitrogen and oxygen atoms in total. The maximum atomic E-state index is 13.1. The quantitative estimate of drug-likeness (QED) is 0.626. The molecule has 0 aliphatic carbocycles. The third-order valence-corrected chi connectivity index (χ3v) is 5.73. The number of carbonyl (C=O) groups excluding carboxylic acids is 1. The molecule has 1 amide bonds. The van der Waals surface area contributed by atoms with Crippen molar-refractivity contribution in [1.82, 2.24) is 4.90 Å². The fraction of sp³-hybridized carbons (Fsp3) is 0.292. The minimum atomic E-state index is -1.11. The minimum absolute atomic E-state index is 0.215. The fourth-order valence-electron chi connectivity index (χ4n) is 3.68. The number of likely N-dealkylation sites (tertiary alicyclic amines) is 1. The Bertz CT molecular complexity index is 1050.